The van der Waals surface area contributed by atoms with Gasteiger partial charge in [-0.15, -0.1) is 0 Å². The second kappa shape index (κ2) is 3.65. The zero-order valence-electron chi connectivity index (χ0n) is 9.10. The van der Waals surface area contributed by atoms with E-state index in [9.17, 15) is 0 Å². The van der Waals surface area contributed by atoms with Crippen molar-refractivity contribution < 1.29 is 0 Å². The van der Waals surface area contributed by atoms with Gasteiger partial charge >= 0.3 is 0 Å². The molecule has 2 atom stereocenters. The van der Waals surface area contributed by atoms with Crippen LogP contribution in [0.5, 0.6) is 0 Å². The van der Waals surface area contributed by atoms with Crippen molar-refractivity contribution in [2.75, 3.05) is 13.1 Å². The first kappa shape index (κ1) is 9.43. The highest BCUT2D eigenvalue weighted by molar-refractivity contribution is 5.16. The average Bonchev–Trinajstić information content (AvgIpc) is 2.76. The highest BCUT2D eigenvalue weighted by Gasteiger charge is 2.34. The van der Waals surface area contributed by atoms with Gasteiger partial charge in [-0.3, -0.25) is 4.90 Å². The van der Waals surface area contributed by atoms with Crippen molar-refractivity contribution >= 4 is 0 Å². The first-order chi connectivity index (χ1) is 7.40. The molecule has 3 rings (SSSR count). The van der Waals surface area contributed by atoms with Gasteiger partial charge in [0.1, 0.15) is 0 Å². The Morgan fingerprint density at radius 1 is 1.33 bits per heavy atom. The molecule has 3 heterocycles. The second-order valence-electron chi connectivity index (χ2n) is 4.70. The first-order valence-electron chi connectivity index (χ1n) is 6.01. The van der Waals surface area contributed by atoms with Gasteiger partial charge in [-0.1, -0.05) is 0 Å². The number of rotatable bonds is 1. The zero-order chi connectivity index (χ0) is 10.3. The normalized spacial score (nSPS) is 31.0. The van der Waals surface area contributed by atoms with Crippen molar-refractivity contribution in [1.82, 2.24) is 9.47 Å². The summed E-state index contributed by atoms with van der Waals surface area (Å²) < 4.78 is 2.40. The van der Waals surface area contributed by atoms with Crippen LogP contribution in [0.3, 0.4) is 0 Å². The first-order valence-corrected chi connectivity index (χ1v) is 6.01. The topological polar surface area (TPSA) is 34.2 Å². The van der Waals surface area contributed by atoms with Gasteiger partial charge in [0.05, 0.1) is 6.04 Å². The Kier molecular flexibility index (Phi) is 2.29. The van der Waals surface area contributed by atoms with Gasteiger partial charge in [0, 0.05) is 37.6 Å². The maximum atomic E-state index is 5.86. The molecule has 0 radical (unpaired) electrons. The molecule has 2 aliphatic heterocycles. The number of fused-ring (bicyclic) bond motifs is 3. The minimum atomic E-state index is 0.618. The number of aromatic nitrogens is 1. The Balaban J connectivity index is 1.92. The molecule has 15 heavy (non-hydrogen) atoms. The molecule has 0 bridgehead atoms. The summed E-state index contributed by atoms with van der Waals surface area (Å²) in [6, 6.07) is 5.70. The third-order valence-electron chi connectivity index (χ3n) is 3.96. The summed E-state index contributed by atoms with van der Waals surface area (Å²) in [5, 5.41) is 0. The lowest BCUT2D eigenvalue weighted by Gasteiger charge is -2.45. The zero-order valence-corrected chi connectivity index (χ0v) is 9.10. The largest absolute Gasteiger partial charge is 0.349 e. The molecule has 1 aromatic heterocycles. The summed E-state index contributed by atoms with van der Waals surface area (Å²) in [7, 11) is 0. The van der Waals surface area contributed by atoms with Crippen LogP contribution in [0.4, 0.5) is 0 Å². The average molecular weight is 205 g/mol. The van der Waals surface area contributed by atoms with Gasteiger partial charge in [-0.2, -0.15) is 0 Å². The molecule has 0 saturated carbocycles. The van der Waals surface area contributed by atoms with Crippen LogP contribution in [0.25, 0.3) is 0 Å². The van der Waals surface area contributed by atoms with Crippen LogP contribution in [0.1, 0.15) is 31.0 Å². The van der Waals surface area contributed by atoms with E-state index in [1.165, 1.54) is 31.5 Å². The summed E-state index contributed by atoms with van der Waals surface area (Å²) in [5.41, 5.74) is 7.36. The van der Waals surface area contributed by atoms with Gasteiger partial charge in [-0.25, -0.2) is 0 Å². The van der Waals surface area contributed by atoms with Crippen molar-refractivity contribution in [3.8, 4) is 0 Å². The Labute approximate surface area is 90.9 Å². The van der Waals surface area contributed by atoms with Crippen LogP contribution < -0.4 is 5.73 Å². The molecular formula is C12H19N3. The van der Waals surface area contributed by atoms with Crippen LogP contribution in [0.15, 0.2) is 18.3 Å². The highest BCUT2D eigenvalue weighted by atomic mass is 15.3. The molecule has 1 saturated heterocycles. The van der Waals surface area contributed by atoms with Gasteiger partial charge in [0.15, 0.2) is 0 Å². The van der Waals surface area contributed by atoms with Gasteiger partial charge < -0.3 is 10.3 Å². The lowest BCUT2D eigenvalue weighted by molar-refractivity contribution is 0.0610. The fourth-order valence-corrected chi connectivity index (χ4v) is 3.20. The second-order valence-corrected chi connectivity index (χ2v) is 4.70. The third-order valence-corrected chi connectivity index (χ3v) is 3.96. The van der Waals surface area contributed by atoms with Crippen molar-refractivity contribution in [2.24, 2.45) is 5.73 Å². The molecule has 1 fully saturated rings. The molecule has 0 amide bonds. The molecule has 0 aromatic carbocycles. The van der Waals surface area contributed by atoms with Crippen LogP contribution >= 0.6 is 0 Å². The Bertz CT molecular complexity index is 344. The summed E-state index contributed by atoms with van der Waals surface area (Å²) in [6.45, 7) is 3.13. The number of piperidine rings is 1. The van der Waals surface area contributed by atoms with E-state index in [-0.39, 0.29) is 0 Å². The Morgan fingerprint density at radius 2 is 2.27 bits per heavy atom. The van der Waals surface area contributed by atoms with E-state index >= 15 is 0 Å². The molecule has 3 heteroatoms. The maximum absolute atomic E-state index is 5.86. The Morgan fingerprint density at radius 3 is 3.13 bits per heavy atom. The highest BCUT2D eigenvalue weighted by Crippen LogP contribution is 2.36. The monoisotopic (exact) mass is 205 g/mol. The molecule has 0 aliphatic carbocycles. The predicted molar refractivity (Wildman–Crippen MR) is 60.6 cm³/mol. The summed E-state index contributed by atoms with van der Waals surface area (Å²) in [4.78, 5) is 2.62. The third kappa shape index (κ3) is 1.42. The summed E-state index contributed by atoms with van der Waals surface area (Å²) >= 11 is 0. The van der Waals surface area contributed by atoms with Crippen LogP contribution in [-0.4, -0.2) is 28.6 Å². The molecule has 3 nitrogen and oxygen atoms in total. The van der Waals surface area contributed by atoms with E-state index in [1.807, 2.05) is 0 Å². The van der Waals surface area contributed by atoms with Crippen LogP contribution in [-0.2, 0) is 6.54 Å². The molecule has 2 N–H and O–H groups in total. The summed E-state index contributed by atoms with van der Waals surface area (Å²) in [6.07, 6.45) is 6.13. The van der Waals surface area contributed by atoms with E-state index in [1.54, 1.807) is 0 Å². The quantitative estimate of drug-likeness (QED) is 0.751. The molecule has 2 aliphatic rings. The molecule has 2 unspecified atom stereocenters. The van der Waals surface area contributed by atoms with Gasteiger partial charge in [0.2, 0.25) is 0 Å². The van der Waals surface area contributed by atoms with E-state index in [0.717, 1.165) is 13.1 Å². The lowest BCUT2D eigenvalue weighted by atomic mass is 9.92. The minimum Gasteiger partial charge on any atom is -0.349 e. The number of hydrogen-bond acceptors (Lipinski definition) is 2. The van der Waals surface area contributed by atoms with Crippen molar-refractivity contribution in [3.63, 3.8) is 0 Å². The SMILES string of the molecule is NCC1CCCC2c3cccn3CCN12. The molecule has 1 aromatic rings. The van der Waals surface area contributed by atoms with E-state index in [0.29, 0.717) is 12.1 Å². The van der Waals surface area contributed by atoms with Gasteiger partial charge in [-0.05, 0) is 31.4 Å². The van der Waals surface area contributed by atoms with Crippen molar-refractivity contribution in [2.45, 2.75) is 37.9 Å². The van der Waals surface area contributed by atoms with E-state index in [4.69, 9.17) is 5.73 Å². The fourth-order valence-electron chi connectivity index (χ4n) is 3.20. The standard InChI is InChI=1S/C12H19N3/c13-9-10-3-1-4-12-11-5-2-6-14(11)7-8-15(10)12/h2,5-6,10,12H,1,3-4,7-9,13H2. The van der Waals surface area contributed by atoms with E-state index < -0.39 is 0 Å². The minimum absolute atomic E-state index is 0.618. The van der Waals surface area contributed by atoms with E-state index in [2.05, 4.69) is 27.8 Å². The molecule has 82 valence electrons. The predicted octanol–water partition coefficient (Wildman–Crippen LogP) is 1.36. The van der Waals surface area contributed by atoms with Crippen LogP contribution in [0.2, 0.25) is 0 Å². The lowest BCUT2D eigenvalue weighted by Crippen LogP contribution is -2.49. The number of nitrogens with zero attached hydrogens (tertiary/aromatic N) is 2. The fraction of sp³-hybridized carbons (Fsp3) is 0.667. The summed E-state index contributed by atoms with van der Waals surface area (Å²) in [5.74, 6) is 0. The smallest absolute Gasteiger partial charge is 0.0504 e. The van der Waals surface area contributed by atoms with Crippen LogP contribution in [0, 0.1) is 0 Å². The molecular weight excluding hydrogens is 186 g/mol. The maximum Gasteiger partial charge on any atom is 0.0504 e. The van der Waals surface area contributed by atoms with Gasteiger partial charge in [0.25, 0.3) is 0 Å². The van der Waals surface area contributed by atoms with Crippen molar-refractivity contribution in [3.05, 3.63) is 24.0 Å². The molecule has 0 spiro atoms. The Hall–Kier alpha value is -0.800. The van der Waals surface area contributed by atoms with Crippen molar-refractivity contribution in [1.29, 1.82) is 0 Å². The number of hydrogen-bond donors (Lipinski definition) is 1. The number of nitrogens with two attached hydrogens (primary N) is 1.